The lowest BCUT2D eigenvalue weighted by atomic mass is 9.89. The monoisotopic (exact) mass is 221 g/mol. The van der Waals surface area contributed by atoms with Gasteiger partial charge in [-0.2, -0.15) is 0 Å². The first kappa shape index (κ1) is 10.8. The van der Waals surface area contributed by atoms with Crippen LogP contribution in [0.3, 0.4) is 0 Å². The van der Waals surface area contributed by atoms with E-state index in [1.54, 1.807) is 0 Å². The van der Waals surface area contributed by atoms with Gasteiger partial charge in [0.2, 0.25) is 0 Å². The van der Waals surface area contributed by atoms with Crippen LogP contribution in [0.4, 0.5) is 0 Å². The van der Waals surface area contributed by atoms with E-state index in [0.717, 1.165) is 23.3 Å². The van der Waals surface area contributed by atoms with Gasteiger partial charge in [-0.3, -0.25) is 0 Å². The summed E-state index contributed by atoms with van der Waals surface area (Å²) in [5.74, 6) is -0.0445. The fourth-order valence-electron chi connectivity index (χ4n) is 1.92. The van der Waals surface area contributed by atoms with E-state index in [-0.39, 0.29) is 11.5 Å². The Morgan fingerprint density at radius 1 is 1.31 bits per heavy atom. The van der Waals surface area contributed by atoms with Crippen molar-refractivity contribution in [1.82, 2.24) is 0 Å². The smallest absolute Gasteiger partial charge is 0.160 e. The molecule has 4 nitrogen and oxygen atoms in total. The molecule has 0 fully saturated rings. The number of hydrogen-bond acceptors (Lipinski definition) is 4. The molecule has 86 valence electrons. The van der Waals surface area contributed by atoms with Gasteiger partial charge in [0.15, 0.2) is 11.5 Å². The SMILES string of the molecule is CCO/N=C1\CCc2c(ccc(O)c2O)C1. The second-order valence-corrected chi connectivity index (χ2v) is 3.82. The number of benzene rings is 1. The van der Waals surface area contributed by atoms with Gasteiger partial charge in [-0.15, -0.1) is 0 Å². The Morgan fingerprint density at radius 2 is 2.12 bits per heavy atom. The van der Waals surface area contributed by atoms with Crippen molar-refractivity contribution in [2.75, 3.05) is 6.61 Å². The zero-order chi connectivity index (χ0) is 11.5. The van der Waals surface area contributed by atoms with Crippen molar-refractivity contribution in [3.8, 4) is 11.5 Å². The number of phenolic OH excluding ortho intramolecular Hbond substituents is 2. The summed E-state index contributed by atoms with van der Waals surface area (Å²) >= 11 is 0. The van der Waals surface area contributed by atoms with E-state index in [4.69, 9.17) is 4.84 Å². The molecule has 1 aliphatic carbocycles. The van der Waals surface area contributed by atoms with Gasteiger partial charge in [-0.25, -0.2) is 0 Å². The van der Waals surface area contributed by atoms with Crippen molar-refractivity contribution in [3.63, 3.8) is 0 Å². The molecule has 0 unspecified atom stereocenters. The third kappa shape index (κ3) is 1.96. The van der Waals surface area contributed by atoms with E-state index in [9.17, 15) is 10.2 Å². The zero-order valence-electron chi connectivity index (χ0n) is 9.23. The van der Waals surface area contributed by atoms with Crippen LogP contribution in [0.1, 0.15) is 24.5 Å². The Balaban J connectivity index is 2.25. The summed E-state index contributed by atoms with van der Waals surface area (Å²) in [5.41, 5.74) is 2.83. The molecule has 1 aromatic carbocycles. The second-order valence-electron chi connectivity index (χ2n) is 3.82. The van der Waals surface area contributed by atoms with Crippen LogP contribution in [0.25, 0.3) is 0 Å². The van der Waals surface area contributed by atoms with Gasteiger partial charge >= 0.3 is 0 Å². The predicted molar refractivity (Wildman–Crippen MR) is 60.9 cm³/mol. The van der Waals surface area contributed by atoms with Crippen molar-refractivity contribution < 1.29 is 15.1 Å². The molecule has 1 aliphatic rings. The zero-order valence-corrected chi connectivity index (χ0v) is 9.23. The maximum Gasteiger partial charge on any atom is 0.160 e. The fourth-order valence-corrected chi connectivity index (χ4v) is 1.92. The molecule has 4 heteroatoms. The highest BCUT2D eigenvalue weighted by Gasteiger charge is 2.19. The highest BCUT2D eigenvalue weighted by molar-refractivity contribution is 5.88. The van der Waals surface area contributed by atoms with Crippen molar-refractivity contribution in [2.45, 2.75) is 26.2 Å². The number of nitrogens with zero attached hydrogens (tertiary/aromatic N) is 1. The standard InChI is InChI=1S/C12H15NO3/c1-2-16-13-9-4-5-10-8(7-9)3-6-11(14)12(10)15/h3,6,14-15H,2,4-5,7H2,1H3/b13-9+. The summed E-state index contributed by atoms with van der Waals surface area (Å²) in [6.45, 7) is 2.46. The molecular formula is C12H15NO3. The van der Waals surface area contributed by atoms with E-state index in [1.807, 2.05) is 13.0 Å². The Hall–Kier alpha value is -1.71. The maximum absolute atomic E-state index is 9.68. The quantitative estimate of drug-likeness (QED) is 0.593. The van der Waals surface area contributed by atoms with Crippen molar-refractivity contribution in [1.29, 1.82) is 0 Å². The Labute approximate surface area is 94.2 Å². The third-order valence-corrected chi connectivity index (χ3v) is 2.74. The number of fused-ring (bicyclic) bond motifs is 1. The number of phenols is 2. The second kappa shape index (κ2) is 4.43. The van der Waals surface area contributed by atoms with Gasteiger partial charge in [0.05, 0.1) is 5.71 Å². The van der Waals surface area contributed by atoms with E-state index in [0.29, 0.717) is 19.4 Å². The van der Waals surface area contributed by atoms with Crippen LogP contribution in [0.2, 0.25) is 0 Å². The minimum Gasteiger partial charge on any atom is -0.504 e. The molecular weight excluding hydrogens is 206 g/mol. The molecule has 16 heavy (non-hydrogen) atoms. The molecule has 1 aromatic rings. The van der Waals surface area contributed by atoms with Gasteiger partial charge in [-0.1, -0.05) is 11.2 Å². The van der Waals surface area contributed by atoms with Crippen molar-refractivity contribution >= 4 is 5.71 Å². The predicted octanol–water partition coefficient (Wildman–Crippen LogP) is 1.98. The van der Waals surface area contributed by atoms with E-state index in [2.05, 4.69) is 5.16 Å². The highest BCUT2D eigenvalue weighted by Crippen LogP contribution is 2.35. The molecule has 2 rings (SSSR count). The van der Waals surface area contributed by atoms with E-state index < -0.39 is 0 Å². The Kier molecular flexibility index (Phi) is 2.99. The molecule has 0 amide bonds. The lowest BCUT2D eigenvalue weighted by Crippen LogP contribution is -2.14. The maximum atomic E-state index is 9.68. The van der Waals surface area contributed by atoms with Crippen LogP contribution < -0.4 is 0 Å². The third-order valence-electron chi connectivity index (χ3n) is 2.74. The first-order chi connectivity index (χ1) is 7.72. The summed E-state index contributed by atoms with van der Waals surface area (Å²) in [5, 5.41) is 23.1. The summed E-state index contributed by atoms with van der Waals surface area (Å²) in [7, 11) is 0. The van der Waals surface area contributed by atoms with E-state index >= 15 is 0 Å². The van der Waals surface area contributed by atoms with E-state index in [1.165, 1.54) is 6.07 Å². The number of hydrogen-bond donors (Lipinski definition) is 2. The molecule has 0 bridgehead atoms. The number of aromatic hydroxyl groups is 2. The van der Waals surface area contributed by atoms with Crippen molar-refractivity contribution in [2.24, 2.45) is 5.16 Å². The van der Waals surface area contributed by atoms with Gasteiger partial charge in [-0.05, 0) is 31.4 Å². The largest absolute Gasteiger partial charge is 0.504 e. The first-order valence-electron chi connectivity index (χ1n) is 5.42. The van der Waals surface area contributed by atoms with Gasteiger partial charge < -0.3 is 15.1 Å². The number of rotatable bonds is 2. The minimum atomic E-state index is -0.0519. The molecule has 0 aromatic heterocycles. The van der Waals surface area contributed by atoms with Crippen LogP contribution in [0.15, 0.2) is 17.3 Å². The lowest BCUT2D eigenvalue weighted by Gasteiger charge is -2.18. The van der Waals surface area contributed by atoms with Crippen LogP contribution in [0, 0.1) is 0 Å². The van der Waals surface area contributed by atoms with Gasteiger partial charge in [0, 0.05) is 12.0 Å². The molecule has 0 heterocycles. The molecule has 0 radical (unpaired) electrons. The highest BCUT2D eigenvalue weighted by atomic mass is 16.6. The van der Waals surface area contributed by atoms with Crippen LogP contribution in [0.5, 0.6) is 11.5 Å². The molecule has 0 saturated heterocycles. The molecule has 2 N–H and O–H groups in total. The molecule has 0 spiro atoms. The van der Waals surface area contributed by atoms with Gasteiger partial charge in [0.1, 0.15) is 6.61 Å². The lowest BCUT2D eigenvalue weighted by molar-refractivity contribution is 0.157. The Bertz CT molecular complexity index is 427. The van der Waals surface area contributed by atoms with Crippen LogP contribution in [-0.4, -0.2) is 22.5 Å². The summed E-state index contributed by atoms with van der Waals surface area (Å²) in [6.07, 6.45) is 2.15. The Morgan fingerprint density at radius 3 is 2.88 bits per heavy atom. The number of oxime groups is 1. The molecule has 0 atom stereocenters. The van der Waals surface area contributed by atoms with Crippen LogP contribution in [-0.2, 0) is 17.7 Å². The van der Waals surface area contributed by atoms with Gasteiger partial charge in [0.25, 0.3) is 0 Å². The average Bonchev–Trinajstić information content (AvgIpc) is 2.31. The summed E-state index contributed by atoms with van der Waals surface area (Å²) in [4.78, 5) is 5.02. The summed E-state index contributed by atoms with van der Waals surface area (Å²) in [6, 6.07) is 3.34. The van der Waals surface area contributed by atoms with Crippen molar-refractivity contribution in [3.05, 3.63) is 23.3 Å². The molecule has 0 saturated carbocycles. The normalized spacial score (nSPS) is 17.2. The average molecular weight is 221 g/mol. The summed E-state index contributed by atoms with van der Waals surface area (Å²) < 4.78 is 0. The first-order valence-corrected chi connectivity index (χ1v) is 5.42. The minimum absolute atomic E-state index is 0.00737. The topological polar surface area (TPSA) is 62.0 Å². The fraction of sp³-hybridized carbons (Fsp3) is 0.417. The van der Waals surface area contributed by atoms with Crippen LogP contribution >= 0.6 is 0 Å². The molecule has 0 aliphatic heterocycles.